The van der Waals surface area contributed by atoms with Gasteiger partial charge in [0.05, 0.1) is 19.4 Å². The number of carbonyl (C=O) groups is 2. The topological polar surface area (TPSA) is 102 Å². The number of rotatable bonds is 6. The van der Waals surface area contributed by atoms with Crippen molar-refractivity contribution in [1.29, 1.82) is 0 Å². The highest BCUT2D eigenvalue weighted by molar-refractivity contribution is 7.59. The zero-order chi connectivity index (χ0) is 15.2. The van der Waals surface area contributed by atoms with Crippen LogP contribution in [-0.4, -0.2) is 48.0 Å². The van der Waals surface area contributed by atoms with E-state index in [0.717, 1.165) is 7.11 Å². The SMILES string of the molecule is CCOC(=O)NC(C(=O)OC)C(C)P(=O)(O)C(C)C. The Kier molecular flexibility index (Phi) is 7.08. The third kappa shape index (κ3) is 4.84. The van der Waals surface area contributed by atoms with Crippen molar-refractivity contribution in [3.8, 4) is 0 Å². The number of esters is 1. The molecule has 0 heterocycles. The van der Waals surface area contributed by atoms with Crippen molar-refractivity contribution in [1.82, 2.24) is 5.32 Å². The summed E-state index contributed by atoms with van der Waals surface area (Å²) in [5.41, 5.74) is -1.50. The maximum absolute atomic E-state index is 12.2. The third-order valence-corrected chi connectivity index (χ3v) is 5.75. The monoisotopic (exact) mass is 295 g/mol. The lowest BCUT2D eigenvalue weighted by Crippen LogP contribution is -2.48. The predicted octanol–water partition coefficient (Wildman–Crippen LogP) is 1.34. The van der Waals surface area contributed by atoms with Crippen molar-refractivity contribution in [3.63, 3.8) is 0 Å². The van der Waals surface area contributed by atoms with Gasteiger partial charge in [0.15, 0.2) is 0 Å². The molecule has 0 aliphatic heterocycles. The second-order valence-corrected chi connectivity index (χ2v) is 7.56. The van der Waals surface area contributed by atoms with Gasteiger partial charge in [-0.05, 0) is 6.92 Å². The minimum atomic E-state index is -3.62. The summed E-state index contributed by atoms with van der Waals surface area (Å²) in [7, 11) is -2.48. The molecule has 0 aromatic rings. The van der Waals surface area contributed by atoms with Gasteiger partial charge in [-0.15, -0.1) is 0 Å². The molecule has 3 atom stereocenters. The zero-order valence-electron chi connectivity index (χ0n) is 11.9. The summed E-state index contributed by atoms with van der Waals surface area (Å²) < 4.78 is 21.4. The van der Waals surface area contributed by atoms with E-state index in [-0.39, 0.29) is 6.61 Å². The van der Waals surface area contributed by atoms with Gasteiger partial charge in [-0.25, -0.2) is 9.59 Å². The third-order valence-electron chi connectivity index (χ3n) is 2.81. The Balaban J connectivity index is 5.10. The van der Waals surface area contributed by atoms with Crippen LogP contribution in [0, 0.1) is 0 Å². The van der Waals surface area contributed by atoms with Gasteiger partial charge in [0.1, 0.15) is 6.04 Å². The Morgan fingerprint density at radius 3 is 2.21 bits per heavy atom. The van der Waals surface area contributed by atoms with E-state index < -0.39 is 36.8 Å². The van der Waals surface area contributed by atoms with Gasteiger partial charge in [0.2, 0.25) is 7.37 Å². The maximum Gasteiger partial charge on any atom is 0.407 e. The number of carbonyl (C=O) groups excluding carboxylic acids is 2. The van der Waals surface area contributed by atoms with E-state index in [9.17, 15) is 19.0 Å². The fourth-order valence-corrected chi connectivity index (χ4v) is 3.05. The van der Waals surface area contributed by atoms with Gasteiger partial charge in [-0.1, -0.05) is 20.8 Å². The van der Waals surface area contributed by atoms with Crippen LogP contribution in [0.3, 0.4) is 0 Å². The minimum absolute atomic E-state index is 0.134. The molecule has 0 radical (unpaired) electrons. The predicted molar refractivity (Wildman–Crippen MR) is 70.4 cm³/mol. The molecular formula is C11H22NO6P. The van der Waals surface area contributed by atoms with E-state index in [1.165, 1.54) is 6.92 Å². The maximum atomic E-state index is 12.2. The molecule has 0 aromatic carbocycles. The summed E-state index contributed by atoms with van der Waals surface area (Å²) in [6.45, 7) is 6.33. The van der Waals surface area contributed by atoms with Gasteiger partial charge in [-0.3, -0.25) is 4.57 Å². The summed E-state index contributed by atoms with van der Waals surface area (Å²) in [6, 6.07) is -1.22. The molecule has 112 valence electrons. The summed E-state index contributed by atoms with van der Waals surface area (Å²) in [5, 5.41) is 2.26. The molecule has 0 bridgehead atoms. The summed E-state index contributed by atoms with van der Waals surface area (Å²) in [6.07, 6.45) is -0.825. The molecule has 0 saturated heterocycles. The average molecular weight is 295 g/mol. The standard InChI is InChI=1S/C11H22NO6P/c1-6-18-11(14)12-9(10(13)17-5)8(4)19(15,16)7(2)3/h7-9H,6H2,1-5H3,(H,12,14)(H,15,16). The fourth-order valence-electron chi connectivity index (χ4n) is 1.49. The van der Waals surface area contributed by atoms with Crippen LogP contribution >= 0.6 is 7.37 Å². The highest BCUT2D eigenvalue weighted by Gasteiger charge is 2.41. The lowest BCUT2D eigenvalue weighted by molar-refractivity contribution is -0.143. The molecule has 8 heteroatoms. The lowest BCUT2D eigenvalue weighted by Gasteiger charge is -2.28. The molecule has 0 spiro atoms. The van der Waals surface area contributed by atoms with Crippen LogP contribution in [0.4, 0.5) is 4.79 Å². The highest BCUT2D eigenvalue weighted by atomic mass is 31.2. The Morgan fingerprint density at radius 1 is 1.32 bits per heavy atom. The van der Waals surface area contributed by atoms with Gasteiger partial charge in [0.25, 0.3) is 0 Å². The largest absolute Gasteiger partial charge is 0.467 e. The molecule has 0 saturated carbocycles. The fraction of sp³-hybridized carbons (Fsp3) is 0.818. The number of amides is 1. The van der Waals surface area contributed by atoms with Crippen molar-refractivity contribution < 1.29 is 28.5 Å². The van der Waals surface area contributed by atoms with Crippen LogP contribution in [0.5, 0.6) is 0 Å². The Labute approximate surface area is 113 Å². The number of hydrogen-bond acceptors (Lipinski definition) is 5. The minimum Gasteiger partial charge on any atom is -0.467 e. The molecule has 1 amide bonds. The van der Waals surface area contributed by atoms with Crippen LogP contribution in [0.15, 0.2) is 0 Å². The van der Waals surface area contributed by atoms with Crippen LogP contribution in [0.2, 0.25) is 0 Å². The Hall–Kier alpha value is -1.07. The number of hydrogen-bond donors (Lipinski definition) is 2. The molecule has 2 N–H and O–H groups in total. The molecular weight excluding hydrogens is 273 g/mol. The molecule has 0 fully saturated rings. The van der Waals surface area contributed by atoms with E-state index >= 15 is 0 Å². The van der Waals surface area contributed by atoms with Gasteiger partial charge in [0, 0.05) is 5.66 Å². The van der Waals surface area contributed by atoms with E-state index in [0.29, 0.717) is 0 Å². The first-order valence-corrected chi connectivity index (χ1v) is 7.81. The van der Waals surface area contributed by atoms with E-state index in [1.807, 2.05) is 0 Å². The van der Waals surface area contributed by atoms with Crippen LogP contribution in [0.1, 0.15) is 27.7 Å². The Morgan fingerprint density at radius 2 is 1.84 bits per heavy atom. The molecule has 7 nitrogen and oxygen atoms in total. The Bertz CT molecular complexity index is 370. The average Bonchev–Trinajstić information content (AvgIpc) is 2.34. The van der Waals surface area contributed by atoms with Crippen LogP contribution in [-0.2, 0) is 18.8 Å². The smallest absolute Gasteiger partial charge is 0.407 e. The highest BCUT2D eigenvalue weighted by Crippen LogP contribution is 2.52. The molecule has 0 aromatic heterocycles. The van der Waals surface area contributed by atoms with Crippen molar-refractivity contribution in [2.24, 2.45) is 0 Å². The molecule has 0 aliphatic rings. The number of alkyl carbamates (subject to hydrolysis) is 1. The van der Waals surface area contributed by atoms with Crippen molar-refractivity contribution in [2.45, 2.75) is 45.1 Å². The second-order valence-electron chi connectivity index (χ2n) is 4.37. The quantitative estimate of drug-likeness (QED) is 0.566. The zero-order valence-corrected chi connectivity index (χ0v) is 12.8. The first-order chi connectivity index (χ1) is 8.68. The van der Waals surface area contributed by atoms with Gasteiger partial charge in [-0.2, -0.15) is 0 Å². The first-order valence-electron chi connectivity index (χ1n) is 6.01. The van der Waals surface area contributed by atoms with Crippen molar-refractivity contribution in [3.05, 3.63) is 0 Å². The van der Waals surface area contributed by atoms with Crippen LogP contribution < -0.4 is 5.32 Å². The normalized spacial score (nSPS) is 17.2. The van der Waals surface area contributed by atoms with E-state index in [1.54, 1.807) is 20.8 Å². The van der Waals surface area contributed by atoms with Crippen LogP contribution in [0.25, 0.3) is 0 Å². The number of ether oxygens (including phenoxy) is 2. The summed E-state index contributed by atoms with van der Waals surface area (Å²) >= 11 is 0. The van der Waals surface area contributed by atoms with Gasteiger partial charge >= 0.3 is 12.1 Å². The molecule has 19 heavy (non-hydrogen) atoms. The number of methoxy groups -OCH3 is 1. The lowest BCUT2D eigenvalue weighted by atomic mass is 10.2. The molecule has 3 unspecified atom stereocenters. The van der Waals surface area contributed by atoms with Gasteiger partial charge < -0.3 is 19.7 Å². The first kappa shape index (κ1) is 17.9. The van der Waals surface area contributed by atoms with Crippen molar-refractivity contribution >= 4 is 19.4 Å². The van der Waals surface area contributed by atoms with E-state index in [4.69, 9.17) is 0 Å². The summed E-state index contributed by atoms with van der Waals surface area (Å²) in [5.74, 6) is -0.782. The second kappa shape index (κ2) is 7.50. The number of nitrogens with one attached hydrogen (secondary N) is 1. The summed E-state index contributed by atoms with van der Waals surface area (Å²) in [4.78, 5) is 33.0. The molecule has 0 rings (SSSR count). The van der Waals surface area contributed by atoms with Crippen molar-refractivity contribution in [2.75, 3.05) is 13.7 Å². The van der Waals surface area contributed by atoms with E-state index in [2.05, 4.69) is 14.8 Å². The molecule has 0 aliphatic carbocycles.